The summed E-state index contributed by atoms with van der Waals surface area (Å²) in [4.78, 5) is 0. The zero-order chi connectivity index (χ0) is 11.7. The molecule has 1 aliphatic rings. The van der Waals surface area contributed by atoms with E-state index in [9.17, 15) is 0 Å². The van der Waals surface area contributed by atoms with E-state index >= 15 is 0 Å². The van der Waals surface area contributed by atoms with Crippen LogP contribution in [0.3, 0.4) is 0 Å². The summed E-state index contributed by atoms with van der Waals surface area (Å²) >= 11 is 0. The summed E-state index contributed by atoms with van der Waals surface area (Å²) in [5, 5.41) is 3.45. The van der Waals surface area contributed by atoms with E-state index in [1.807, 2.05) is 0 Å². The number of nitrogens with zero attached hydrogens (tertiary/aromatic N) is 1. The summed E-state index contributed by atoms with van der Waals surface area (Å²) in [6.07, 6.45) is 10.0. The molecule has 0 spiro atoms. The normalized spacial score (nSPS) is 19.9. The highest BCUT2D eigenvalue weighted by atomic mass is 15.4. The van der Waals surface area contributed by atoms with Gasteiger partial charge in [-0.2, -0.15) is 0 Å². The Morgan fingerprint density at radius 3 is 2.06 bits per heavy atom. The van der Waals surface area contributed by atoms with Crippen molar-refractivity contribution < 1.29 is 4.48 Å². The smallest absolute Gasteiger partial charge is 0.0911 e. The Hall–Kier alpha value is -0.0800. The molecule has 2 heteroatoms. The molecule has 0 aromatic rings. The summed E-state index contributed by atoms with van der Waals surface area (Å²) < 4.78 is 1.31. The molecule has 1 rings (SSSR count). The van der Waals surface area contributed by atoms with Gasteiger partial charge < -0.3 is 9.80 Å². The van der Waals surface area contributed by atoms with Crippen molar-refractivity contribution >= 4 is 0 Å². The second-order valence-electron chi connectivity index (χ2n) is 5.66. The molecule has 16 heavy (non-hydrogen) atoms. The maximum Gasteiger partial charge on any atom is 0.0911 e. The van der Waals surface area contributed by atoms with Crippen LogP contribution >= 0.6 is 0 Å². The lowest BCUT2D eigenvalue weighted by Gasteiger charge is -2.38. The molecule has 1 heterocycles. The van der Waals surface area contributed by atoms with Crippen molar-refractivity contribution in [3.63, 3.8) is 0 Å². The van der Waals surface area contributed by atoms with Crippen molar-refractivity contribution in [3.05, 3.63) is 0 Å². The second kappa shape index (κ2) is 8.08. The summed E-state index contributed by atoms with van der Waals surface area (Å²) in [6.45, 7) is 8.77. The predicted molar refractivity (Wildman–Crippen MR) is 71.6 cm³/mol. The molecule has 0 bridgehead atoms. The Morgan fingerprint density at radius 2 is 1.44 bits per heavy atom. The number of quaternary nitrogens is 1. The van der Waals surface area contributed by atoms with Gasteiger partial charge in [-0.3, -0.25) is 0 Å². The average Bonchev–Trinajstić information content (AvgIpc) is 2.29. The quantitative estimate of drug-likeness (QED) is 0.497. The number of rotatable bonds is 8. The lowest BCUT2D eigenvalue weighted by atomic mass is 10.1. The van der Waals surface area contributed by atoms with Gasteiger partial charge in [-0.1, -0.05) is 39.0 Å². The fraction of sp³-hybridized carbons (Fsp3) is 1.00. The highest BCUT2D eigenvalue weighted by Crippen LogP contribution is 2.11. The molecule has 96 valence electrons. The van der Waals surface area contributed by atoms with Crippen molar-refractivity contribution in [1.29, 1.82) is 0 Å². The van der Waals surface area contributed by atoms with Gasteiger partial charge in [0, 0.05) is 13.1 Å². The van der Waals surface area contributed by atoms with Crippen LogP contribution < -0.4 is 5.32 Å². The molecule has 0 aromatic heterocycles. The van der Waals surface area contributed by atoms with Gasteiger partial charge in [-0.05, 0) is 12.8 Å². The lowest BCUT2D eigenvalue weighted by Crippen LogP contribution is -2.56. The van der Waals surface area contributed by atoms with Gasteiger partial charge in [0.1, 0.15) is 0 Å². The van der Waals surface area contributed by atoms with E-state index < -0.39 is 0 Å². The Kier molecular flexibility index (Phi) is 7.06. The minimum atomic E-state index is 1.22. The van der Waals surface area contributed by atoms with E-state index in [4.69, 9.17) is 0 Å². The number of hydrogen-bond donors (Lipinski definition) is 1. The third-order valence-electron chi connectivity index (χ3n) is 3.96. The van der Waals surface area contributed by atoms with Crippen LogP contribution in [0, 0.1) is 0 Å². The average molecular weight is 227 g/mol. The largest absolute Gasteiger partial charge is 0.324 e. The molecule has 1 aliphatic heterocycles. The van der Waals surface area contributed by atoms with Crippen LogP contribution in [-0.2, 0) is 0 Å². The Labute approximate surface area is 102 Å². The lowest BCUT2D eigenvalue weighted by molar-refractivity contribution is -0.911. The fourth-order valence-corrected chi connectivity index (χ4v) is 2.61. The first-order chi connectivity index (χ1) is 7.77. The third-order valence-corrected chi connectivity index (χ3v) is 3.96. The Balaban J connectivity index is 1.93. The van der Waals surface area contributed by atoms with Gasteiger partial charge in [0.15, 0.2) is 0 Å². The van der Waals surface area contributed by atoms with E-state index in [0.717, 1.165) is 0 Å². The molecule has 0 unspecified atom stereocenters. The van der Waals surface area contributed by atoms with E-state index in [-0.39, 0.29) is 0 Å². The van der Waals surface area contributed by atoms with Crippen LogP contribution in [0.4, 0.5) is 0 Å². The van der Waals surface area contributed by atoms with Crippen molar-refractivity contribution in [2.45, 2.75) is 51.9 Å². The summed E-state index contributed by atoms with van der Waals surface area (Å²) in [6, 6.07) is 0. The van der Waals surface area contributed by atoms with Crippen molar-refractivity contribution in [3.8, 4) is 0 Å². The molecule has 2 nitrogen and oxygen atoms in total. The summed E-state index contributed by atoms with van der Waals surface area (Å²) in [5.41, 5.74) is 0. The van der Waals surface area contributed by atoms with Crippen LogP contribution in [0.5, 0.6) is 0 Å². The predicted octanol–water partition coefficient (Wildman–Crippen LogP) is 2.79. The van der Waals surface area contributed by atoms with Gasteiger partial charge in [0.25, 0.3) is 0 Å². The molecule has 1 N–H and O–H groups in total. The van der Waals surface area contributed by atoms with E-state index in [1.165, 1.54) is 82.2 Å². The van der Waals surface area contributed by atoms with E-state index in [2.05, 4.69) is 19.3 Å². The molecule has 0 amide bonds. The van der Waals surface area contributed by atoms with Gasteiger partial charge in [-0.15, -0.1) is 0 Å². The summed E-state index contributed by atoms with van der Waals surface area (Å²) in [7, 11) is 2.43. The number of likely N-dealkylation sites (N-methyl/N-ethyl adjacent to an activating group) is 1. The first kappa shape index (κ1) is 14.0. The van der Waals surface area contributed by atoms with Crippen molar-refractivity contribution in [1.82, 2.24) is 5.32 Å². The molecule has 0 aliphatic carbocycles. The van der Waals surface area contributed by atoms with Crippen LogP contribution in [0.25, 0.3) is 0 Å². The monoisotopic (exact) mass is 227 g/mol. The minimum Gasteiger partial charge on any atom is -0.324 e. The Bertz CT molecular complexity index is 162. The summed E-state index contributed by atoms with van der Waals surface area (Å²) in [5.74, 6) is 0. The molecule has 1 saturated heterocycles. The van der Waals surface area contributed by atoms with Crippen LogP contribution in [0.15, 0.2) is 0 Å². The van der Waals surface area contributed by atoms with Crippen LogP contribution in [-0.4, -0.2) is 44.3 Å². The van der Waals surface area contributed by atoms with Crippen molar-refractivity contribution in [2.24, 2.45) is 0 Å². The number of unbranched alkanes of at least 4 members (excludes halogenated alkanes) is 6. The topological polar surface area (TPSA) is 12.0 Å². The molecular formula is C14H31N2+. The number of nitrogens with one attached hydrogen (secondary N) is 1. The third kappa shape index (κ3) is 5.86. The second-order valence-corrected chi connectivity index (χ2v) is 5.66. The number of hydrogen-bond acceptors (Lipinski definition) is 1. The molecule has 1 fully saturated rings. The zero-order valence-electron chi connectivity index (χ0n) is 11.4. The van der Waals surface area contributed by atoms with Crippen LogP contribution in [0.1, 0.15) is 51.9 Å². The molecular weight excluding hydrogens is 196 g/mol. The maximum atomic E-state index is 3.45. The van der Waals surface area contributed by atoms with Crippen molar-refractivity contribution in [2.75, 3.05) is 39.8 Å². The molecule has 0 aromatic carbocycles. The highest BCUT2D eigenvalue weighted by Gasteiger charge is 2.23. The van der Waals surface area contributed by atoms with Gasteiger partial charge in [0.05, 0.1) is 26.7 Å². The molecule has 0 radical (unpaired) electrons. The zero-order valence-corrected chi connectivity index (χ0v) is 11.4. The standard InChI is InChI=1S/C14H31N2/c1-3-4-5-6-7-8-9-12-16(2)13-10-15-11-14-16/h15H,3-14H2,1-2H3/q+1. The van der Waals surface area contributed by atoms with Crippen LogP contribution in [0.2, 0.25) is 0 Å². The fourth-order valence-electron chi connectivity index (χ4n) is 2.61. The van der Waals surface area contributed by atoms with E-state index in [1.54, 1.807) is 0 Å². The molecule has 0 atom stereocenters. The highest BCUT2D eigenvalue weighted by molar-refractivity contribution is 4.55. The Morgan fingerprint density at radius 1 is 0.875 bits per heavy atom. The van der Waals surface area contributed by atoms with E-state index in [0.29, 0.717) is 0 Å². The van der Waals surface area contributed by atoms with Gasteiger partial charge in [0.2, 0.25) is 0 Å². The first-order valence-electron chi connectivity index (χ1n) is 7.31. The minimum absolute atomic E-state index is 1.22. The van der Waals surface area contributed by atoms with Gasteiger partial charge >= 0.3 is 0 Å². The maximum absolute atomic E-state index is 3.45. The molecule has 0 saturated carbocycles. The van der Waals surface area contributed by atoms with Gasteiger partial charge in [-0.25, -0.2) is 0 Å². The SMILES string of the molecule is CCCCCCCCC[N+]1(C)CCNCC1. The first-order valence-corrected chi connectivity index (χ1v) is 7.31. The number of piperazine rings is 1.